The van der Waals surface area contributed by atoms with Gasteiger partial charge in [0.1, 0.15) is 37.7 Å². The van der Waals surface area contributed by atoms with Crippen molar-refractivity contribution in [3.8, 4) is 17.2 Å². The smallest absolute Gasteiger partial charge is 0.255 e. The van der Waals surface area contributed by atoms with E-state index in [1.165, 1.54) is 16.8 Å². The minimum Gasteiger partial charge on any atom is -0.491 e. The molecule has 3 aliphatic heterocycles. The highest BCUT2D eigenvalue weighted by Gasteiger charge is 2.38. The Morgan fingerprint density at radius 1 is 0.863 bits per heavy atom. The van der Waals surface area contributed by atoms with E-state index in [1.807, 2.05) is 48.5 Å². The number of nitrogens with one attached hydrogen (secondary N) is 3. The molecule has 0 saturated carbocycles. The topological polar surface area (TPSA) is 156 Å². The second-order valence-electron chi connectivity index (χ2n) is 12.9. The van der Waals surface area contributed by atoms with Crippen molar-refractivity contribution in [1.82, 2.24) is 25.8 Å². The van der Waals surface area contributed by atoms with Crippen LogP contribution in [0, 0.1) is 0 Å². The Labute approximate surface area is 296 Å². The number of ether oxygens (including phenoxy) is 3. The van der Waals surface area contributed by atoms with E-state index in [0.29, 0.717) is 56.9 Å². The van der Waals surface area contributed by atoms with Gasteiger partial charge in [-0.15, -0.1) is 0 Å². The number of benzene rings is 3. The second kappa shape index (κ2) is 16.4. The van der Waals surface area contributed by atoms with Crippen LogP contribution in [-0.2, 0) is 32.0 Å². The van der Waals surface area contributed by atoms with E-state index in [0.717, 1.165) is 11.1 Å². The first-order valence-electron chi connectivity index (χ1n) is 17.3. The Balaban J connectivity index is 1.23. The molecule has 6 rings (SSSR count). The Hall–Kier alpha value is -5.59. The van der Waals surface area contributed by atoms with Crippen LogP contribution < -0.4 is 30.2 Å². The lowest BCUT2D eigenvalue weighted by molar-refractivity contribution is -0.145. The van der Waals surface area contributed by atoms with E-state index in [9.17, 15) is 24.0 Å². The molecule has 3 aromatic carbocycles. The molecule has 13 nitrogen and oxygen atoms in total. The summed E-state index contributed by atoms with van der Waals surface area (Å²) in [7, 11) is 1.54. The number of likely N-dealkylation sites (N-methyl/N-ethyl adjacent to an activating group) is 1. The normalized spacial score (nSPS) is 21.4. The van der Waals surface area contributed by atoms with Gasteiger partial charge in [0.25, 0.3) is 5.91 Å². The number of rotatable bonds is 6. The lowest BCUT2D eigenvalue weighted by Crippen LogP contribution is -2.53. The number of hydrogen-bond donors (Lipinski definition) is 3. The highest BCUT2D eigenvalue weighted by Crippen LogP contribution is 2.31. The number of hydrogen-bond acceptors (Lipinski definition) is 8. The Morgan fingerprint density at radius 3 is 2.45 bits per heavy atom. The molecule has 3 N–H and O–H groups in total. The van der Waals surface area contributed by atoms with Crippen molar-refractivity contribution < 1.29 is 38.2 Å². The maximum atomic E-state index is 13.8. The molecule has 268 valence electrons. The Kier molecular flexibility index (Phi) is 11.3. The molecule has 0 aliphatic carbocycles. The van der Waals surface area contributed by atoms with Gasteiger partial charge in [-0.2, -0.15) is 0 Å². The molecule has 0 unspecified atom stereocenters. The summed E-state index contributed by atoms with van der Waals surface area (Å²) in [6.07, 6.45) is 1.56. The first-order valence-corrected chi connectivity index (χ1v) is 17.3. The third-order valence-corrected chi connectivity index (χ3v) is 9.20. The summed E-state index contributed by atoms with van der Waals surface area (Å²) in [4.78, 5) is 70.8. The third kappa shape index (κ3) is 8.96. The van der Waals surface area contributed by atoms with Crippen LogP contribution in [0.2, 0.25) is 0 Å². The summed E-state index contributed by atoms with van der Waals surface area (Å²) in [5.74, 6) is -0.780. The van der Waals surface area contributed by atoms with Gasteiger partial charge in [-0.3, -0.25) is 24.0 Å². The van der Waals surface area contributed by atoms with Crippen LogP contribution in [0.1, 0.15) is 40.7 Å². The van der Waals surface area contributed by atoms with Crippen molar-refractivity contribution in [1.29, 1.82) is 0 Å². The molecule has 0 aromatic heterocycles. The van der Waals surface area contributed by atoms with Gasteiger partial charge in [-0.1, -0.05) is 48.5 Å². The van der Waals surface area contributed by atoms with Crippen LogP contribution in [0.3, 0.4) is 0 Å². The van der Waals surface area contributed by atoms with Gasteiger partial charge in [0.05, 0.1) is 24.6 Å². The lowest BCUT2D eigenvalue weighted by Gasteiger charge is -2.29. The molecule has 0 spiro atoms. The number of carbonyl (C=O) groups excluding carboxylic acids is 5. The van der Waals surface area contributed by atoms with Gasteiger partial charge in [0.2, 0.25) is 23.6 Å². The molecule has 3 heterocycles. The number of carbonyl (C=O) groups is 5. The molecule has 13 heteroatoms. The van der Waals surface area contributed by atoms with E-state index in [4.69, 9.17) is 14.2 Å². The molecule has 1 saturated heterocycles. The minimum absolute atomic E-state index is 0.0290. The summed E-state index contributed by atoms with van der Waals surface area (Å²) < 4.78 is 17.4. The van der Waals surface area contributed by atoms with Crippen molar-refractivity contribution in [2.75, 3.05) is 46.5 Å². The summed E-state index contributed by atoms with van der Waals surface area (Å²) in [5, 5.41) is 8.62. The Bertz CT molecular complexity index is 1750. The summed E-state index contributed by atoms with van der Waals surface area (Å²) in [5.41, 5.74) is 2.05. The fourth-order valence-electron chi connectivity index (χ4n) is 6.60. The quantitative estimate of drug-likeness (QED) is 0.353. The third-order valence-electron chi connectivity index (χ3n) is 9.20. The molecule has 3 aromatic rings. The minimum atomic E-state index is -1.24. The van der Waals surface area contributed by atoms with Gasteiger partial charge in [-0.25, -0.2) is 0 Å². The van der Waals surface area contributed by atoms with Gasteiger partial charge in [-0.05, 0) is 61.1 Å². The van der Waals surface area contributed by atoms with Gasteiger partial charge >= 0.3 is 0 Å². The average molecular weight is 698 g/mol. The standard InChI is InChI=1S/C38H43N5O8/c1-42-23-34(44)40-27(20-25-8-3-2-4-9-25)24-51-31-12-6-5-10-28(31)36(46)41-29(22-35(45)43-17-7-11-30(43)38(42)48)37(47)39-16-15-26-13-14-32-33(21-26)50-19-18-49-32/h2-6,8-10,12-14,21,27,29-30H,7,11,15-20,22-24H2,1H3,(H,39,47)(H,40,44)(H,41,46)/t27-,29+,30-/m1/s1. The lowest BCUT2D eigenvalue weighted by atomic mass is 10.1. The van der Waals surface area contributed by atoms with Crippen LogP contribution in [0.4, 0.5) is 0 Å². The highest BCUT2D eigenvalue weighted by molar-refractivity contribution is 6.01. The summed E-state index contributed by atoms with van der Waals surface area (Å²) >= 11 is 0. The summed E-state index contributed by atoms with van der Waals surface area (Å²) in [6.45, 7) is 1.31. The number of fused-ring (bicyclic) bond motifs is 3. The van der Waals surface area contributed by atoms with E-state index in [2.05, 4.69) is 16.0 Å². The SMILES string of the molecule is CN1CC(=O)N[C@H](Cc2ccccc2)COc2ccccc2C(=O)N[C@H](C(=O)NCCc2ccc3c(c2)OCCO3)CC(=O)N2CCC[C@@H]2C1=O. The molecule has 0 radical (unpaired) electrons. The van der Waals surface area contributed by atoms with Crippen molar-refractivity contribution in [3.05, 3.63) is 89.5 Å². The Morgan fingerprint density at radius 2 is 1.63 bits per heavy atom. The first kappa shape index (κ1) is 35.2. The fraction of sp³-hybridized carbons (Fsp3) is 0.395. The number of amides is 5. The van der Waals surface area contributed by atoms with E-state index in [1.54, 1.807) is 24.3 Å². The zero-order valence-electron chi connectivity index (χ0n) is 28.6. The second-order valence-corrected chi connectivity index (χ2v) is 12.9. The molecule has 51 heavy (non-hydrogen) atoms. The molecule has 3 atom stereocenters. The summed E-state index contributed by atoms with van der Waals surface area (Å²) in [6, 6.07) is 19.3. The molecular weight excluding hydrogens is 654 g/mol. The number of nitrogens with zero attached hydrogens (tertiary/aromatic N) is 2. The maximum absolute atomic E-state index is 13.8. The molecular formula is C38H43N5O8. The van der Waals surface area contributed by atoms with E-state index >= 15 is 0 Å². The molecule has 1 fully saturated rings. The zero-order valence-corrected chi connectivity index (χ0v) is 28.6. The molecule has 3 aliphatic rings. The van der Waals surface area contributed by atoms with Gasteiger partial charge in [0, 0.05) is 20.1 Å². The van der Waals surface area contributed by atoms with Crippen LogP contribution in [0.25, 0.3) is 0 Å². The monoisotopic (exact) mass is 697 g/mol. The van der Waals surface area contributed by atoms with E-state index in [-0.39, 0.29) is 49.2 Å². The first-order chi connectivity index (χ1) is 24.7. The average Bonchev–Trinajstić information content (AvgIpc) is 3.63. The van der Waals surface area contributed by atoms with Crippen LogP contribution in [0.15, 0.2) is 72.8 Å². The number of para-hydroxylation sites is 1. The molecule has 5 amide bonds. The fourth-order valence-corrected chi connectivity index (χ4v) is 6.60. The maximum Gasteiger partial charge on any atom is 0.255 e. The van der Waals surface area contributed by atoms with Crippen molar-refractivity contribution in [2.24, 2.45) is 0 Å². The zero-order chi connectivity index (χ0) is 35.7. The van der Waals surface area contributed by atoms with Crippen molar-refractivity contribution >= 4 is 29.5 Å². The predicted octanol–water partition coefficient (Wildman–Crippen LogP) is 1.87. The largest absolute Gasteiger partial charge is 0.491 e. The highest BCUT2D eigenvalue weighted by atomic mass is 16.6. The van der Waals surface area contributed by atoms with Crippen molar-refractivity contribution in [3.63, 3.8) is 0 Å². The van der Waals surface area contributed by atoms with Gasteiger partial charge in [0.15, 0.2) is 11.5 Å². The predicted molar refractivity (Wildman–Crippen MR) is 186 cm³/mol. The van der Waals surface area contributed by atoms with Crippen LogP contribution in [-0.4, -0.2) is 104 Å². The molecule has 0 bridgehead atoms. The van der Waals surface area contributed by atoms with Gasteiger partial charge < -0.3 is 40.0 Å². The van der Waals surface area contributed by atoms with E-state index < -0.39 is 35.8 Å². The van der Waals surface area contributed by atoms with Crippen LogP contribution >= 0.6 is 0 Å². The van der Waals surface area contributed by atoms with Crippen LogP contribution in [0.5, 0.6) is 17.2 Å². The van der Waals surface area contributed by atoms with Crippen molar-refractivity contribution in [2.45, 2.75) is 50.2 Å².